The number of ether oxygens (including phenoxy) is 3. The van der Waals surface area contributed by atoms with Crippen LogP contribution in [-0.4, -0.2) is 40.2 Å². The van der Waals surface area contributed by atoms with Crippen molar-refractivity contribution in [1.29, 1.82) is 0 Å². The van der Waals surface area contributed by atoms with Gasteiger partial charge in [0, 0.05) is 0 Å². The number of nitro groups is 1. The molecule has 2 aromatic carbocycles. The van der Waals surface area contributed by atoms with E-state index in [4.69, 9.17) is 14.2 Å². The van der Waals surface area contributed by atoms with E-state index in [0.717, 1.165) is 0 Å². The Morgan fingerprint density at radius 3 is 2.14 bits per heavy atom. The summed E-state index contributed by atoms with van der Waals surface area (Å²) in [5, 5.41) is 21.0. The van der Waals surface area contributed by atoms with Crippen LogP contribution in [0.2, 0.25) is 0 Å². The van der Waals surface area contributed by atoms with Crippen LogP contribution >= 0.6 is 0 Å². The zero-order chi connectivity index (χ0) is 21.0. The molecule has 0 bridgehead atoms. The minimum Gasteiger partial charge on any atom is -0.478 e. The second kappa shape index (κ2) is 8.21. The smallest absolute Gasteiger partial charge is 0.392 e. The van der Waals surface area contributed by atoms with Gasteiger partial charge in [-0.25, -0.2) is 4.79 Å². The van der Waals surface area contributed by atoms with Crippen LogP contribution < -0.4 is 14.2 Å². The van der Waals surface area contributed by atoms with Crippen molar-refractivity contribution >= 4 is 11.7 Å². The van der Waals surface area contributed by atoms with Gasteiger partial charge in [-0.15, -0.1) is 0 Å². The maximum atomic E-state index is 11.9. The van der Waals surface area contributed by atoms with Gasteiger partial charge >= 0.3 is 29.4 Å². The maximum absolute atomic E-state index is 11.9. The molecular weight excluding hydrogens is 382 g/mol. The van der Waals surface area contributed by atoms with Gasteiger partial charge in [0.2, 0.25) is 0 Å². The Hall–Kier alpha value is -4.21. The first-order valence-corrected chi connectivity index (χ1v) is 8.20. The number of nitrogens with zero attached hydrogens (tertiary/aromatic N) is 3. The van der Waals surface area contributed by atoms with Crippen LogP contribution in [0.5, 0.6) is 23.5 Å². The summed E-state index contributed by atoms with van der Waals surface area (Å²) < 4.78 is 15.4. The molecule has 1 heterocycles. The number of carboxylic acids is 1. The van der Waals surface area contributed by atoms with Gasteiger partial charge in [0.25, 0.3) is 0 Å². The number of methoxy groups -OCH3 is 2. The molecule has 148 valence electrons. The predicted molar refractivity (Wildman–Crippen MR) is 101 cm³/mol. The first-order valence-electron chi connectivity index (χ1n) is 8.20. The minimum absolute atomic E-state index is 0.0446. The van der Waals surface area contributed by atoms with Crippen LogP contribution in [0.15, 0.2) is 48.5 Å². The Morgan fingerprint density at radius 1 is 1.00 bits per heavy atom. The van der Waals surface area contributed by atoms with E-state index in [1.807, 2.05) is 6.07 Å². The average Bonchev–Trinajstić information content (AvgIpc) is 2.73. The van der Waals surface area contributed by atoms with Crippen LogP contribution in [-0.2, 0) is 0 Å². The fraction of sp³-hybridized carbons (Fsp3) is 0.105. The first-order chi connectivity index (χ1) is 14.0. The summed E-state index contributed by atoms with van der Waals surface area (Å²) in [5.74, 6) is -2.03. The van der Waals surface area contributed by atoms with Gasteiger partial charge in [-0.3, -0.25) is 10.1 Å². The molecule has 10 nitrogen and oxygen atoms in total. The third-order valence-electron chi connectivity index (χ3n) is 3.89. The van der Waals surface area contributed by atoms with Gasteiger partial charge in [0.1, 0.15) is 11.3 Å². The molecule has 0 atom stereocenters. The predicted octanol–water partition coefficient (Wildman–Crippen LogP) is 3.56. The minimum atomic E-state index is -1.22. The summed E-state index contributed by atoms with van der Waals surface area (Å²) in [7, 11) is 2.38. The maximum Gasteiger partial charge on any atom is 0.392 e. The van der Waals surface area contributed by atoms with Gasteiger partial charge in [-0.1, -0.05) is 42.5 Å². The molecule has 0 amide bonds. The van der Waals surface area contributed by atoms with Crippen LogP contribution in [0, 0.1) is 10.1 Å². The molecule has 0 fully saturated rings. The summed E-state index contributed by atoms with van der Waals surface area (Å²) in [5.41, 5.74) is 0.420. The number of hydrogen-bond donors (Lipinski definition) is 1. The molecule has 3 rings (SSSR count). The fourth-order valence-corrected chi connectivity index (χ4v) is 2.68. The molecule has 0 radical (unpaired) electrons. The summed E-state index contributed by atoms with van der Waals surface area (Å²) in [6.45, 7) is 0. The molecule has 0 unspecified atom stereocenters. The molecule has 1 N–H and O–H groups in total. The lowest BCUT2D eigenvalue weighted by Gasteiger charge is -2.13. The van der Waals surface area contributed by atoms with Gasteiger partial charge in [-0.05, 0) is 17.2 Å². The number of rotatable bonds is 7. The Balaban J connectivity index is 2.12. The third-order valence-corrected chi connectivity index (χ3v) is 3.89. The van der Waals surface area contributed by atoms with E-state index < -0.39 is 16.6 Å². The highest BCUT2D eigenvalue weighted by Crippen LogP contribution is 2.37. The van der Waals surface area contributed by atoms with E-state index in [-0.39, 0.29) is 29.1 Å². The van der Waals surface area contributed by atoms with Crippen molar-refractivity contribution in [2.75, 3.05) is 14.2 Å². The zero-order valence-corrected chi connectivity index (χ0v) is 15.4. The quantitative estimate of drug-likeness (QED) is 0.469. The summed E-state index contributed by atoms with van der Waals surface area (Å²) >= 11 is 0. The lowest BCUT2D eigenvalue weighted by Crippen LogP contribution is -2.06. The molecule has 29 heavy (non-hydrogen) atoms. The normalized spacial score (nSPS) is 10.3. The molecule has 0 aliphatic heterocycles. The highest BCUT2D eigenvalue weighted by molar-refractivity contribution is 5.99. The molecular formula is C19H15N3O7. The van der Waals surface area contributed by atoms with Crippen molar-refractivity contribution in [2.24, 2.45) is 0 Å². The van der Waals surface area contributed by atoms with E-state index in [1.165, 1.54) is 20.3 Å². The number of carbonyl (C=O) groups is 1. The van der Waals surface area contributed by atoms with Gasteiger partial charge < -0.3 is 19.3 Å². The van der Waals surface area contributed by atoms with Gasteiger partial charge in [-0.2, -0.15) is 9.97 Å². The van der Waals surface area contributed by atoms with Crippen LogP contribution in [0.4, 0.5) is 5.69 Å². The molecule has 0 saturated heterocycles. The molecule has 0 aliphatic carbocycles. The molecule has 0 saturated carbocycles. The number of benzene rings is 2. The van der Waals surface area contributed by atoms with E-state index in [1.54, 1.807) is 36.4 Å². The molecule has 1 aromatic heterocycles. The number of carboxylic acid groups (broad SMARTS) is 1. The lowest BCUT2D eigenvalue weighted by atomic mass is 9.99. The third kappa shape index (κ3) is 3.90. The standard InChI is InChI=1S/C19H15N3O7/c1-27-16-15(22(25)26)17(28-2)21-19(20-16)29-13-10-6-9-12(14(13)18(23)24)11-7-4-3-5-8-11/h3-10H,1-2H3,(H,23,24). The van der Waals surface area contributed by atoms with Crippen LogP contribution in [0.25, 0.3) is 11.1 Å². The van der Waals surface area contributed by atoms with Crippen molar-refractivity contribution < 1.29 is 29.0 Å². The van der Waals surface area contributed by atoms with Crippen molar-refractivity contribution in [1.82, 2.24) is 9.97 Å². The Labute approximate surface area is 164 Å². The Morgan fingerprint density at radius 2 is 1.62 bits per heavy atom. The summed E-state index contributed by atoms with van der Waals surface area (Å²) in [6.07, 6.45) is 0. The Kier molecular flexibility index (Phi) is 5.54. The fourth-order valence-electron chi connectivity index (χ4n) is 2.68. The van der Waals surface area contributed by atoms with Crippen molar-refractivity contribution in [2.45, 2.75) is 0 Å². The van der Waals surface area contributed by atoms with Crippen LogP contribution in [0.3, 0.4) is 0 Å². The topological polar surface area (TPSA) is 134 Å². The highest BCUT2D eigenvalue weighted by Gasteiger charge is 2.28. The second-order valence-corrected chi connectivity index (χ2v) is 5.58. The van der Waals surface area contributed by atoms with Gasteiger partial charge in [0.05, 0.1) is 19.1 Å². The molecule has 0 spiro atoms. The number of aromatic carboxylic acids is 1. The number of aromatic nitrogens is 2. The largest absolute Gasteiger partial charge is 0.478 e. The number of hydrogen-bond acceptors (Lipinski definition) is 8. The van der Waals surface area contributed by atoms with Crippen molar-refractivity contribution in [3.05, 3.63) is 64.2 Å². The first kappa shape index (κ1) is 19.5. The zero-order valence-electron chi connectivity index (χ0n) is 15.4. The summed E-state index contributed by atoms with van der Waals surface area (Å²) in [4.78, 5) is 30.1. The van der Waals surface area contributed by atoms with E-state index in [2.05, 4.69) is 9.97 Å². The lowest BCUT2D eigenvalue weighted by molar-refractivity contribution is -0.387. The van der Waals surface area contributed by atoms with Crippen LogP contribution in [0.1, 0.15) is 10.4 Å². The van der Waals surface area contributed by atoms with Crippen molar-refractivity contribution in [3.63, 3.8) is 0 Å². The average molecular weight is 397 g/mol. The molecule has 3 aromatic rings. The van der Waals surface area contributed by atoms with E-state index >= 15 is 0 Å². The van der Waals surface area contributed by atoms with E-state index in [0.29, 0.717) is 11.1 Å². The Bertz CT molecular complexity index is 1050. The highest BCUT2D eigenvalue weighted by atomic mass is 16.6. The van der Waals surface area contributed by atoms with Gasteiger partial charge in [0.15, 0.2) is 0 Å². The van der Waals surface area contributed by atoms with E-state index in [9.17, 15) is 20.0 Å². The SMILES string of the molecule is COc1nc(Oc2cccc(-c3ccccc3)c2C(=O)O)nc(OC)c1[N+](=O)[O-]. The van der Waals surface area contributed by atoms with Crippen molar-refractivity contribution in [3.8, 4) is 34.6 Å². The second-order valence-electron chi connectivity index (χ2n) is 5.58. The molecule has 10 heteroatoms. The molecule has 0 aliphatic rings. The monoisotopic (exact) mass is 397 g/mol. The summed E-state index contributed by atoms with van der Waals surface area (Å²) in [6, 6.07) is 13.2.